The van der Waals surface area contributed by atoms with Gasteiger partial charge in [-0.3, -0.25) is 14.3 Å². The summed E-state index contributed by atoms with van der Waals surface area (Å²) in [5.41, 5.74) is 1.26. The predicted octanol–water partition coefficient (Wildman–Crippen LogP) is 2.61. The summed E-state index contributed by atoms with van der Waals surface area (Å²) in [5, 5.41) is 4.10. The van der Waals surface area contributed by atoms with Crippen molar-refractivity contribution in [1.82, 2.24) is 19.6 Å². The second kappa shape index (κ2) is 7.54. The number of hydrogen-bond donors (Lipinski definition) is 0. The molecule has 7 heteroatoms. The van der Waals surface area contributed by atoms with Crippen LogP contribution in [-0.2, 0) is 18.4 Å². The highest BCUT2D eigenvalue weighted by molar-refractivity contribution is 5.93. The van der Waals surface area contributed by atoms with Gasteiger partial charge in [-0.05, 0) is 31.7 Å². The summed E-state index contributed by atoms with van der Waals surface area (Å²) in [6.07, 6.45) is 6.66. The number of amides is 2. The number of rotatable bonds is 2. The maximum atomic E-state index is 12.8. The third kappa shape index (κ3) is 3.86. The zero-order chi connectivity index (χ0) is 20.6. The van der Waals surface area contributed by atoms with Crippen LogP contribution in [0.2, 0.25) is 0 Å². The zero-order valence-corrected chi connectivity index (χ0v) is 17.3. The van der Waals surface area contributed by atoms with Crippen LogP contribution in [0.15, 0.2) is 36.7 Å². The van der Waals surface area contributed by atoms with Crippen LogP contribution in [0.4, 0.5) is 0 Å². The molecule has 0 N–H and O–H groups in total. The molecule has 29 heavy (non-hydrogen) atoms. The lowest BCUT2D eigenvalue weighted by Crippen LogP contribution is -2.52. The van der Waals surface area contributed by atoms with Crippen molar-refractivity contribution in [1.29, 1.82) is 0 Å². The number of benzene rings is 1. The normalized spacial score (nSPS) is 23.8. The summed E-state index contributed by atoms with van der Waals surface area (Å²) in [6.45, 7) is 2.79. The maximum absolute atomic E-state index is 12.8. The van der Waals surface area contributed by atoms with Gasteiger partial charge < -0.3 is 14.5 Å². The van der Waals surface area contributed by atoms with Crippen LogP contribution in [0.5, 0.6) is 5.75 Å². The van der Waals surface area contributed by atoms with Crippen LogP contribution >= 0.6 is 0 Å². The number of aryl methyl sites for hydroxylation is 1. The predicted molar refractivity (Wildman–Crippen MR) is 108 cm³/mol. The van der Waals surface area contributed by atoms with Crippen molar-refractivity contribution in [2.45, 2.75) is 50.8 Å². The molecule has 7 nitrogen and oxygen atoms in total. The molecule has 1 aliphatic carbocycles. The quantitative estimate of drug-likeness (QED) is 0.783. The summed E-state index contributed by atoms with van der Waals surface area (Å²) >= 11 is 0. The Balaban J connectivity index is 1.49. The molecule has 1 aromatic carbocycles. The van der Waals surface area contributed by atoms with E-state index < -0.39 is 5.60 Å². The van der Waals surface area contributed by atoms with E-state index in [-0.39, 0.29) is 17.9 Å². The summed E-state index contributed by atoms with van der Waals surface area (Å²) in [5.74, 6) is 0.932. The van der Waals surface area contributed by atoms with Gasteiger partial charge in [-0.1, -0.05) is 18.2 Å². The molecule has 0 radical (unpaired) electrons. The first-order chi connectivity index (χ1) is 13.9. The molecule has 0 bridgehead atoms. The van der Waals surface area contributed by atoms with Gasteiger partial charge in [-0.25, -0.2) is 0 Å². The van der Waals surface area contributed by atoms with E-state index in [1.807, 2.05) is 48.2 Å². The third-order valence-corrected chi connectivity index (χ3v) is 6.27. The van der Waals surface area contributed by atoms with Crippen molar-refractivity contribution in [3.63, 3.8) is 0 Å². The largest absolute Gasteiger partial charge is 0.485 e. The highest BCUT2D eigenvalue weighted by Crippen LogP contribution is 2.39. The average molecular weight is 396 g/mol. The van der Waals surface area contributed by atoms with Crippen molar-refractivity contribution in [3.05, 3.63) is 47.8 Å². The second-order valence-electron chi connectivity index (χ2n) is 8.32. The molecule has 1 aromatic heterocycles. The SMILES string of the molecule is CC(=O)N1Cc2ccccc2OC2(CCC(N(C)C(=O)c3cnn(C)c3)CC2)C1. The molecule has 4 rings (SSSR count). The zero-order valence-electron chi connectivity index (χ0n) is 17.3. The van der Waals surface area contributed by atoms with Crippen molar-refractivity contribution >= 4 is 11.8 Å². The first-order valence-electron chi connectivity index (χ1n) is 10.2. The maximum Gasteiger partial charge on any atom is 0.257 e. The van der Waals surface area contributed by atoms with E-state index in [2.05, 4.69) is 5.10 Å². The van der Waals surface area contributed by atoms with Gasteiger partial charge >= 0.3 is 0 Å². The molecular formula is C22H28N4O3. The van der Waals surface area contributed by atoms with Crippen LogP contribution in [0.25, 0.3) is 0 Å². The number of aromatic nitrogens is 2. The molecule has 2 heterocycles. The minimum atomic E-state index is -0.396. The van der Waals surface area contributed by atoms with Crippen molar-refractivity contribution < 1.29 is 14.3 Å². The van der Waals surface area contributed by atoms with E-state index in [1.54, 1.807) is 24.0 Å². The van der Waals surface area contributed by atoms with Crippen LogP contribution in [-0.4, -0.2) is 56.6 Å². The van der Waals surface area contributed by atoms with Crippen molar-refractivity contribution in [2.75, 3.05) is 13.6 Å². The van der Waals surface area contributed by atoms with Gasteiger partial charge in [-0.15, -0.1) is 0 Å². The molecule has 1 fully saturated rings. The molecule has 0 atom stereocenters. The highest BCUT2D eigenvalue weighted by atomic mass is 16.5. The molecule has 1 aliphatic heterocycles. The molecule has 2 amide bonds. The molecule has 154 valence electrons. The van der Waals surface area contributed by atoms with Gasteiger partial charge in [0.1, 0.15) is 11.4 Å². The minimum absolute atomic E-state index is 0.00320. The highest BCUT2D eigenvalue weighted by Gasteiger charge is 2.43. The lowest BCUT2D eigenvalue weighted by atomic mass is 9.81. The Morgan fingerprint density at radius 1 is 1.24 bits per heavy atom. The minimum Gasteiger partial charge on any atom is -0.485 e. The fraction of sp³-hybridized carbons (Fsp3) is 0.500. The first-order valence-corrected chi connectivity index (χ1v) is 10.2. The van der Waals surface area contributed by atoms with Crippen LogP contribution < -0.4 is 4.74 Å². The number of ether oxygens (including phenoxy) is 1. The molecule has 0 saturated heterocycles. The molecule has 0 unspecified atom stereocenters. The summed E-state index contributed by atoms with van der Waals surface area (Å²) in [4.78, 5) is 28.7. The van der Waals surface area contributed by atoms with Crippen LogP contribution in [0.1, 0.15) is 48.5 Å². The molecule has 2 aliphatic rings. The molecule has 2 aromatic rings. The molecule has 1 spiro atoms. The van der Waals surface area contributed by atoms with Gasteiger partial charge in [0.25, 0.3) is 5.91 Å². The Morgan fingerprint density at radius 3 is 2.62 bits per heavy atom. The lowest BCUT2D eigenvalue weighted by Gasteiger charge is -2.43. The lowest BCUT2D eigenvalue weighted by molar-refractivity contribution is -0.132. The summed E-state index contributed by atoms with van der Waals surface area (Å²) in [7, 11) is 3.67. The number of nitrogens with zero attached hydrogens (tertiary/aromatic N) is 4. The van der Waals surface area contributed by atoms with E-state index in [0.29, 0.717) is 18.7 Å². The average Bonchev–Trinajstić information content (AvgIpc) is 3.07. The van der Waals surface area contributed by atoms with E-state index in [4.69, 9.17) is 4.74 Å². The van der Waals surface area contributed by atoms with Gasteiger partial charge in [0.05, 0.1) is 18.3 Å². The Bertz CT molecular complexity index is 914. The van der Waals surface area contributed by atoms with Gasteiger partial charge in [0, 0.05) is 45.4 Å². The van der Waals surface area contributed by atoms with Gasteiger partial charge in [0.15, 0.2) is 0 Å². The number of carbonyl (C=O) groups excluding carboxylic acids is 2. The monoisotopic (exact) mass is 396 g/mol. The van der Waals surface area contributed by atoms with Gasteiger partial charge in [0.2, 0.25) is 5.91 Å². The Hall–Kier alpha value is -2.83. The van der Waals surface area contributed by atoms with Crippen molar-refractivity contribution in [2.24, 2.45) is 7.05 Å². The fourth-order valence-electron chi connectivity index (χ4n) is 4.51. The van der Waals surface area contributed by atoms with E-state index >= 15 is 0 Å². The molecule has 1 saturated carbocycles. The first kappa shape index (κ1) is 19.5. The van der Waals surface area contributed by atoms with Crippen LogP contribution in [0.3, 0.4) is 0 Å². The van der Waals surface area contributed by atoms with Gasteiger partial charge in [-0.2, -0.15) is 5.10 Å². The topological polar surface area (TPSA) is 67.7 Å². The van der Waals surface area contributed by atoms with E-state index in [9.17, 15) is 9.59 Å². The number of fused-ring (bicyclic) bond motifs is 1. The summed E-state index contributed by atoms with van der Waals surface area (Å²) < 4.78 is 8.17. The third-order valence-electron chi connectivity index (χ3n) is 6.27. The number of carbonyl (C=O) groups is 2. The summed E-state index contributed by atoms with van der Waals surface area (Å²) in [6, 6.07) is 8.12. The Kier molecular flexibility index (Phi) is 5.06. The Morgan fingerprint density at radius 2 is 1.97 bits per heavy atom. The number of para-hydroxylation sites is 1. The smallest absolute Gasteiger partial charge is 0.257 e. The van der Waals surface area contributed by atoms with E-state index in [1.165, 1.54) is 0 Å². The molecular weight excluding hydrogens is 368 g/mol. The second-order valence-corrected chi connectivity index (χ2v) is 8.32. The van der Waals surface area contributed by atoms with Crippen LogP contribution in [0, 0.1) is 0 Å². The van der Waals surface area contributed by atoms with Crippen molar-refractivity contribution in [3.8, 4) is 5.75 Å². The fourth-order valence-corrected chi connectivity index (χ4v) is 4.51. The van der Waals surface area contributed by atoms with E-state index in [0.717, 1.165) is 37.0 Å². The Labute approximate surface area is 171 Å². The standard InChI is InChI=1S/C22H28N4O3/c1-16(27)26-14-17-6-4-5-7-20(17)29-22(15-26)10-8-19(9-11-22)25(3)21(28)18-12-23-24(2)13-18/h4-7,12-13,19H,8-11,14-15H2,1-3H3. The number of hydrogen-bond acceptors (Lipinski definition) is 4.